The molecule has 1 aromatic heterocycles. The van der Waals surface area contributed by atoms with Gasteiger partial charge in [0.05, 0.1) is 0 Å². The number of aryl methyl sites for hydroxylation is 1. The maximum atomic E-state index is 12.1. The van der Waals surface area contributed by atoms with Gasteiger partial charge in [-0.3, -0.25) is 4.79 Å². The molecule has 3 N–H and O–H groups in total. The van der Waals surface area contributed by atoms with E-state index in [0.717, 1.165) is 11.3 Å². The molecule has 0 saturated carbocycles. The Kier molecular flexibility index (Phi) is 5.52. The largest absolute Gasteiger partial charge is 0.381 e. The number of nitrogens with two attached hydrogens (primary N) is 1. The topological polar surface area (TPSA) is 77.2 Å². The van der Waals surface area contributed by atoms with Crippen molar-refractivity contribution < 1.29 is 9.53 Å². The van der Waals surface area contributed by atoms with Crippen LogP contribution in [-0.4, -0.2) is 29.6 Å². The summed E-state index contributed by atoms with van der Waals surface area (Å²) < 4.78 is 5.21. The molecule has 0 aromatic carbocycles. The molecular weight excluding hydrogens is 274 g/mol. The molecule has 1 aromatic rings. The van der Waals surface area contributed by atoms with Crippen molar-refractivity contribution in [1.82, 2.24) is 4.98 Å². The summed E-state index contributed by atoms with van der Waals surface area (Å²) in [5.41, 5.74) is 5.27. The Bertz CT molecular complexity index is 405. The standard InChI is InChI=1S/C11H17N3O2S.ClH/c1-2-8-7-13-10(17-8)14-9(15)11(12)3-5-16-6-4-11;/h7H,2-6,12H2,1H3,(H,13,14,15);1H. The Labute approximate surface area is 117 Å². The fraction of sp³-hybridized carbons (Fsp3) is 0.636. The van der Waals surface area contributed by atoms with Gasteiger partial charge in [-0.15, -0.1) is 23.7 Å². The molecule has 1 aliphatic rings. The second-order valence-corrected chi connectivity index (χ2v) is 5.32. The molecule has 0 bridgehead atoms. The van der Waals surface area contributed by atoms with Crippen LogP contribution in [0.5, 0.6) is 0 Å². The molecule has 0 atom stereocenters. The minimum absolute atomic E-state index is 0. The maximum absolute atomic E-state index is 12.1. The van der Waals surface area contributed by atoms with Gasteiger partial charge in [0.15, 0.2) is 5.13 Å². The fourth-order valence-electron chi connectivity index (χ4n) is 1.71. The number of halogens is 1. The van der Waals surface area contributed by atoms with Crippen molar-refractivity contribution in [1.29, 1.82) is 0 Å². The normalized spacial score (nSPS) is 17.9. The number of aromatic nitrogens is 1. The average molecular weight is 292 g/mol. The molecule has 2 heterocycles. The second kappa shape index (κ2) is 6.47. The Morgan fingerprint density at radius 3 is 2.83 bits per heavy atom. The lowest BCUT2D eigenvalue weighted by Crippen LogP contribution is -2.54. The fourth-order valence-corrected chi connectivity index (χ4v) is 2.46. The molecule has 0 unspecified atom stereocenters. The van der Waals surface area contributed by atoms with Gasteiger partial charge in [0.2, 0.25) is 5.91 Å². The Balaban J connectivity index is 0.00000162. The number of rotatable bonds is 3. The summed E-state index contributed by atoms with van der Waals surface area (Å²) in [6, 6.07) is 0. The van der Waals surface area contributed by atoms with E-state index in [4.69, 9.17) is 10.5 Å². The molecule has 1 saturated heterocycles. The lowest BCUT2D eigenvalue weighted by molar-refractivity contribution is -0.124. The van der Waals surface area contributed by atoms with Crippen molar-refractivity contribution in [3.8, 4) is 0 Å². The van der Waals surface area contributed by atoms with Crippen LogP contribution in [0.25, 0.3) is 0 Å². The predicted molar refractivity (Wildman–Crippen MR) is 74.3 cm³/mol. The van der Waals surface area contributed by atoms with E-state index in [1.807, 2.05) is 0 Å². The highest BCUT2D eigenvalue weighted by Crippen LogP contribution is 2.23. The number of ether oxygens (including phenoxy) is 1. The molecule has 5 nitrogen and oxygen atoms in total. The molecule has 1 aliphatic heterocycles. The summed E-state index contributed by atoms with van der Waals surface area (Å²) in [6.45, 7) is 3.14. The van der Waals surface area contributed by atoms with Gasteiger partial charge in [-0.25, -0.2) is 4.98 Å². The molecule has 0 aliphatic carbocycles. The summed E-state index contributed by atoms with van der Waals surface area (Å²) in [5, 5.41) is 3.42. The van der Waals surface area contributed by atoms with Gasteiger partial charge >= 0.3 is 0 Å². The lowest BCUT2D eigenvalue weighted by atomic mass is 9.90. The van der Waals surface area contributed by atoms with Crippen molar-refractivity contribution in [3.05, 3.63) is 11.1 Å². The van der Waals surface area contributed by atoms with E-state index in [1.54, 1.807) is 6.20 Å². The van der Waals surface area contributed by atoms with Crippen molar-refractivity contribution in [2.75, 3.05) is 18.5 Å². The first-order valence-corrected chi connectivity index (χ1v) is 6.58. The molecule has 0 radical (unpaired) electrons. The number of anilines is 1. The first-order chi connectivity index (χ1) is 8.14. The van der Waals surface area contributed by atoms with E-state index in [1.165, 1.54) is 11.3 Å². The van der Waals surface area contributed by atoms with E-state index in [2.05, 4.69) is 17.2 Å². The summed E-state index contributed by atoms with van der Waals surface area (Å²) in [5.74, 6) is -0.155. The third-order valence-corrected chi connectivity index (χ3v) is 4.02. The zero-order valence-corrected chi connectivity index (χ0v) is 11.9. The van der Waals surface area contributed by atoms with Gasteiger partial charge in [-0.05, 0) is 19.3 Å². The van der Waals surface area contributed by atoms with Crippen LogP contribution >= 0.6 is 23.7 Å². The van der Waals surface area contributed by atoms with Gasteiger partial charge < -0.3 is 15.8 Å². The molecule has 0 spiro atoms. The summed E-state index contributed by atoms with van der Waals surface area (Å²) in [7, 11) is 0. The zero-order valence-electron chi connectivity index (χ0n) is 10.3. The van der Waals surface area contributed by atoms with E-state index >= 15 is 0 Å². The van der Waals surface area contributed by atoms with Crippen LogP contribution < -0.4 is 11.1 Å². The summed E-state index contributed by atoms with van der Waals surface area (Å²) >= 11 is 1.49. The Morgan fingerprint density at radius 1 is 1.61 bits per heavy atom. The SMILES string of the molecule is CCc1cnc(NC(=O)C2(N)CCOCC2)s1.Cl. The van der Waals surface area contributed by atoms with Gasteiger partial charge in [-0.2, -0.15) is 0 Å². The molecule has 102 valence electrons. The number of nitrogens with one attached hydrogen (secondary N) is 1. The molecular formula is C11H18ClN3O2S. The summed E-state index contributed by atoms with van der Waals surface area (Å²) in [4.78, 5) is 17.4. The van der Waals surface area contributed by atoms with Crippen LogP contribution in [0.2, 0.25) is 0 Å². The summed E-state index contributed by atoms with van der Waals surface area (Å²) in [6.07, 6.45) is 3.83. The maximum Gasteiger partial charge on any atom is 0.246 e. The predicted octanol–water partition coefficient (Wildman–Crippen LogP) is 1.57. The van der Waals surface area contributed by atoms with Crippen molar-refractivity contribution in [3.63, 3.8) is 0 Å². The average Bonchev–Trinajstić information content (AvgIpc) is 2.78. The number of carbonyl (C=O) groups excluding carboxylic acids is 1. The van der Waals surface area contributed by atoms with Crippen molar-refractivity contribution in [2.24, 2.45) is 5.73 Å². The van der Waals surface area contributed by atoms with E-state index in [9.17, 15) is 4.79 Å². The number of hydrogen-bond donors (Lipinski definition) is 2. The first kappa shape index (κ1) is 15.4. The molecule has 1 amide bonds. The Hall–Kier alpha value is -0.690. The van der Waals surface area contributed by atoms with Gasteiger partial charge in [-0.1, -0.05) is 6.92 Å². The van der Waals surface area contributed by atoms with E-state index in [0.29, 0.717) is 31.2 Å². The zero-order chi connectivity index (χ0) is 12.3. The van der Waals surface area contributed by atoms with Crippen LogP contribution in [-0.2, 0) is 16.0 Å². The van der Waals surface area contributed by atoms with Gasteiger partial charge in [0.1, 0.15) is 5.54 Å². The molecule has 7 heteroatoms. The van der Waals surface area contributed by atoms with Crippen LogP contribution in [0, 0.1) is 0 Å². The van der Waals surface area contributed by atoms with E-state index in [-0.39, 0.29) is 18.3 Å². The minimum Gasteiger partial charge on any atom is -0.381 e. The first-order valence-electron chi connectivity index (χ1n) is 5.77. The highest BCUT2D eigenvalue weighted by Gasteiger charge is 2.36. The molecule has 18 heavy (non-hydrogen) atoms. The number of hydrogen-bond acceptors (Lipinski definition) is 5. The highest BCUT2D eigenvalue weighted by atomic mass is 35.5. The quantitative estimate of drug-likeness (QED) is 0.886. The lowest BCUT2D eigenvalue weighted by Gasteiger charge is -2.31. The Morgan fingerprint density at radius 2 is 2.28 bits per heavy atom. The van der Waals surface area contributed by atoms with Gasteiger partial charge in [0, 0.05) is 24.3 Å². The number of carbonyl (C=O) groups is 1. The van der Waals surface area contributed by atoms with Crippen LogP contribution in [0.1, 0.15) is 24.6 Å². The monoisotopic (exact) mass is 291 g/mol. The van der Waals surface area contributed by atoms with Crippen LogP contribution in [0.15, 0.2) is 6.20 Å². The smallest absolute Gasteiger partial charge is 0.246 e. The molecule has 1 fully saturated rings. The number of thiazole rings is 1. The van der Waals surface area contributed by atoms with E-state index < -0.39 is 5.54 Å². The number of nitrogens with zero attached hydrogens (tertiary/aromatic N) is 1. The molecule has 2 rings (SSSR count). The second-order valence-electron chi connectivity index (χ2n) is 4.21. The third-order valence-electron chi connectivity index (χ3n) is 2.96. The highest BCUT2D eigenvalue weighted by molar-refractivity contribution is 7.15. The van der Waals surface area contributed by atoms with Crippen LogP contribution in [0.4, 0.5) is 5.13 Å². The van der Waals surface area contributed by atoms with Gasteiger partial charge in [0.25, 0.3) is 0 Å². The third kappa shape index (κ3) is 3.41. The van der Waals surface area contributed by atoms with Crippen molar-refractivity contribution >= 4 is 34.8 Å². The number of amides is 1. The minimum atomic E-state index is -0.809. The van der Waals surface area contributed by atoms with Crippen LogP contribution in [0.3, 0.4) is 0 Å². The van der Waals surface area contributed by atoms with Crippen molar-refractivity contribution in [2.45, 2.75) is 31.7 Å².